The lowest BCUT2D eigenvalue weighted by Crippen LogP contribution is -2.03. The minimum atomic E-state index is 0.567. The van der Waals surface area contributed by atoms with Crippen LogP contribution < -0.4 is 5.32 Å². The van der Waals surface area contributed by atoms with E-state index < -0.39 is 0 Å². The molecule has 72 valence electrons. The van der Waals surface area contributed by atoms with E-state index >= 15 is 0 Å². The molecule has 0 aliphatic rings. The van der Waals surface area contributed by atoms with Gasteiger partial charge in [0, 0.05) is 16.0 Å². The zero-order chi connectivity index (χ0) is 9.80. The lowest BCUT2D eigenvalue weighted by molar-refractivity contribution is 0.556. The average molecular weight is 302 g/mol. The summed E-state index contributed by atoms with van der Waals surface area (Å²) in [5.74, 6) is 0.591. The molecule has 2 aromatic rings. The molecule has 0 bridgehead atoms. The van der Waals surface area contributed by atoms with Crippen molar-refractivity contribution >= 4 is 28.5 Å². The van der Waals surface area contributed by atoms with Crippen LogP contribution in [0.25, 0.3) is 0 Å². The first kappa shape index (κ1) is 9.38. The number of aromatic nitrogens is 3. The summed E-state index contributed by atoms with van der Waals surface area (Å²) in [4.78, 5) is 12.1. The van der Waals surface area contributed by atoms with Crippen LogP contribution in [0.3, 0.4) is 0 Å². The van der Waals surface area contributed by atoms with Crippen LogP contribution in [0, 0.1) is 3.57 Å². The molecule has 0 atom stereocenters. The largest absolute Gasteiger partial charge is 0.451 e. The Morgan fingerprint density at radius 1 is 1.29 bits per heavy atom. The Balaban J connectivity index is 1.95. The van der Waals surface area contributed by atoms with Gasteiger partial charge in [-0.05, 0) is 22.6 Å². The molecular weight excluding hydrogens is 295 g/mol. The highest BCUT2D eigenvalue weighted by atomic mass is 127. The summed E-state index contributed by atoms with van der Waals surface area (Å²) in [6.45, 7) is 0.567. The maximum Gasteiger partial charge on any atom is 0.222 e. The first-order valence-electron chi connectivity index (χ1n) is 3.93. The van der Waals surface area contributed by atoms with Gasteiger partial charge in [-0.25, -0.2) is 15.0 Å². The highest BCUT2D eigenvalue weighted by Crippen LogP contribution is 2.04. The topological polar surface area (TPSA) is 63.8 Å². The van der Waals surface area contributed by atoms with Gasteiger partial charge in [0.15, 0.2) is 6.39 Å². The third kappa shape index (κ3) is 2.41. The van der Waals surface area contributed by atoms with Crippen LogP contribution in [-0.4, -0.2) is 15.0 Å². The molecule has 0 saturated carbocycles. The van der Waals surface area contributed by atoms with E-state index in [4.69, 9.17) is 4.42 Å². The van der Waals surface area contributed by atoms with Crippen molar-refractivity contribution in [3.8, 4) is 0 Å². The van der Waals surface area contributed by atoms with Crippen LogP contribution in [0.2, 0.25) is 0 Å². The lowest BCUT2D eigenvalue weighted by Gasteiger charge is -2.00. The Bertz CT molecular complexity index is 386. The third-order valence-corrected chi connectivity index (χ3v) is 2.09. The molecule has 0 aliphatic heterocycles. The van der Waals surface area contributed by atoms with Crippen molar-refractivity contribution < 1.29 is 4.42 Å². The highest BCUT2D eigenvalue weighted by Gasteiger charge is 1.98. The summed E-state index contributed by atoms with van der Waals surface area (Å²) in [5, 5.41) is 3.03. The zero-order valence-corrected chi connectivity index (χ0v) is 9.30. The van der Waals surface area contributed by atoms with Crippen LogP contribution in [0.5, 0.6) is 0 Å². The van der Waals surface area contributed by atoms with Gasteiger partial charge >= 0.3 is 0 Å². The van der Waals surface area contributed by atoms with Crippen molar-refractivity contribution in [1.82, 2.24) is 15.0 Å². The monoisotopic (exact) mass is 302 g/mol. The molecule has 1 N–H and O–H groups in total. The van der Waals surface area contributed by atoms with Crippen LogP contribution in [0.1, 0.15) is 5.69 Å². The Labute approximate surface area is 94.1 Å². The smallest absolute Gasteiger partial charge is 0.222 e. The second-order valence-electron chi connectivity index (χ2n) is 2.56. The van der Waals surface area contributed by atoms with Crippen molar-refractivity contribution in [1.29, 1.82) is 0 Å². The van der Waals surface area contributed by atoms with Crippen molar-refractivity contribution in [2.45, 2.75) is 6.54 Å². The number of hydrogen-bond donors (Lipinski definition) is 1. The minimum Gasteiger partial charge on any atom is -0.451 e. The molecule has 0 amide bonds. The van der Waals surface area contributed by atoms with Crippen molar-refractivity contribution in [2.75, 3.05) is 5.32 Å². The summed E-state index contributed by atoms with van der Waals surface area (Å²) in [7, 11) is 0. The van der Waals surface area contributed by atoms with Gasteiger partial charge in [0.2, 0.25) is 5.95 Å². The van der Waals surface area contributed by atoms with Crippen LogP contribution in [0.15, 0.2) is 29.5 Å². The van der Waals surface area contributed by atoms with Gasteiger partial charge < -0.3 is 9.73 Å². The predicted molar refractivity (Wildman–Crippen MR) is 58.6 cm³/mol. The second-order valence-corrected chi connectivity index (χ2v) is 3.80. The Kier molecular flexibility index (Phi) is 2.92. The Morgan fingerprint density at radius 3 is 2.71 bits per heavy atom. The van der Waals surface area contributed by atoms with Gasteiger partial charge in [0.25, 0.3) is 0 Å². The third-order valence-electron chi connectivity index (χ3n) is 1.53. The molecule has 0 radical (unpaired) electrons. The number of nitrogens with zero attached hydrogens (tertiary/aromatic N) is 3. The highest BCUT2D eigenvalue weighted by molar-refractivity contribution is 14.1. The molecule has 0 spiro atoms. The van der Waals surface area contributed by atoms with E-state index in [0.29, 0.717) is 12.5 Å². The SMILES string of the molecule is Ic1cnc(NCc2cocn2)nc1. The molecule has 14 heavy (non-hydrogen) atoms. The molecule has 0 unspecified atom stereocenters. The Hall–Kier alpha value is -1.18. The van der Waals surface area contributed by atoms with Gasteiger partial charge in [-0.15, -0.1) is 0 Å². The van der Waals surface area contributed by atoms with Crippen molar-refractivity contribution in [2.24, 2.45) is 0 Å². The van der Waals surface area contributed by atoms with Gasteiger partial charge in [-0.3, -0.25) is 0 Å². The quantitative estimate of drug-likeness (QED) is 0.874. The van der Waals surface area contributed by atoms with Crippen LogP contribution in [0.4, 0.5) is 5.95 Å². The number of hydrogen-bond acceptors (Lipinski definition) is 5. The maximum absolute atomic E-state index is 4.83. The normalized spacial score (nSPS) is 10.1. The standard InChI is InChI=1S/C8H7IN4O/c9-6-1-10-8(11-2-6)12-3-7-4-14-5-13-7/h1-2,4-5H,3H2,(H,10,11,12). The number of oxazole rings is 1. The van der Waals surface area contributed by atoms with E-state index in [1.165, 1.54) is 6.39 Å². The first-order chi connectivity index (χ1) is 6.84. The molecule has 6 heteroatoms. The molecule has 2 rings (SSSR count). The fourth-order valence-corrected chi connectivity index (χ4v) is 1.18. The van der Waals surface area contributed by atoms with Crippen LogP contribution in [-0.2, 0) is 6.54 Å². The summed E-state index contributed by atoms with van der Waals surface area (Å²) < 4.78 is 5.84. The zero-order valence-electron chi connectivity index (χ0n) is 7.14. The van der Waals surface area contributed by atoms with E-state index in [1.807, 2.05) is 0 Å². The van der Waals surface area contributed by atoms with Gasteiger partial charge in [-0.2, -0.15) is 0 Å². The number of anilines is 1. The summed E-state index contributed by atoms with van der Waals surface area (Å²) in [6, 6.07) is 0. The number of rotatable bonds is 3. The maximum atomic E-state index is 4.83. The van der Waals surface area contributed by atoms with E-state index in [1.54, 1.807) is 18.7 Å². The van der Waals surface area contributed by atoms with E-state index in [9.17, 15) is 0 Å². The molecular formula is C8H7IN4O. The second kappa shape index (κ2) is 4.36. The molecule has 0 aliphatic carbocycles. The first-order valence-corrected chi connectivity index (χ1v) is 5.01. The average Bonchev–Trinajstić information content (AvgIpc) is 2.70. The van der Waals surface area contributed by atoms with Gasteiger partial charge in [-0.1, -0.05) is 0 Å². The van der Waals surface area contributed by atoms with Gasteiger partial charge in [0.1, 0.15) is 6.26 Å². The van der Waals surface area contributed by atoms with Crippen LogP contribution >= 0.6 is 22.6 Å². The number of nitrogens with one attached hydrogen (secondary N) is 1. The van der Waals surface area contributed by atoms with E-state index in [-0.39, 0.29) is 0 Å². The fraction of sp³-hybridized carbons (Fsp3) is 0.125. The molecule has 5 nitrogen and oxygen atoms in total. The van der Waals surface area contributed by atoms with E-state index in [0.717, 1.165) is 9.26 Å². The molecule has 0 saturated heterocycles. The van der Waals surface area contributed by atoms with Crippen molar-refractivity contribution in [3.05, 3.63) is 34.3 Å². The summed E-state index contributed by atoms with van der Waals surface area (Å²) in [6.07, 6.45) is 6.48. The molecule has 0 aromatic carbocycles. The predicted octanol–water partition coefficient (Wildman–Crippen LogP) is 1.68. The molecule has 2 aromatic heterocycles. The van der Waals surface area contributed by atoms with Crippen molar-refractivity contribution in [3.63, 3.8) is 0 Å². The fourth-order valence-electron chi connectivity index (χ4n) is 0.898. The Morgan fingerprint density at radius 2 is 2.07 bits per heavy atom. The number of halogens is 1. The van der Waals surface area contributed by atoms with E-state index in [2.05, 4.69) is 42.9 Å². The lowest BCUT2D eigenvalue weighted by atomic mass is 10.5. The summed E-state index contributed by atoms with van der Waals surface area (Å²) in [5.41, 5.74) is 0.826. The van der Waals surface area contributed by atoms with Gasteiger partial charge in [0.05, 0.1) is 12.2 Å². The molecule has 2 heterocycles. The molecule has 0 fully saturated rings. The summed E-state index contributed by atoms with van der Waals surface area (Å²) >= 11 is 2.16. The minimum absolute atomic E-state index is 0.567.